The molecule has 0 aliphatic carbocycles. The van der Waals surface area contributed by atoms with Crippen molar-refractivity contribution in [3.05, 3.63) is 94.2 Å². The average molecular weight is 467 g/mol. The van der Waals surface area contributed by atoms with Crippen LogP contribution in [0.2, 0.25) is 0 Å². The minimum absolute atomic E-state index is 0.207. The molecule has 30 heavy (non-hydrogen) atoms. The van der Waals surface area contributed by atoms with Crippen molar-refractivity contribution in [1.82, 2.24) is 15.7 Å². The maximum Gasteiger partial charge on any atom is 0.259 e. The molecule has 0 bridgehead atoms. The first-order valence-corrected chi connectivity index (χ1v) is 9.87. The number of rotatable bonds is 8. The van der Waals surface area contributed by atoms with E-state index in [9.17, 15) is 9.59 Å². The highest BCUT2D eigenvalue weighted by Crippen LogP contribution is 2.22. The summed E-state index contributed by atoms with van der Waals surface area (Å²) in [4.78, 5) is 27.7. The molecule has 7 nitrogen and oxygen atoms in total. The predicted molar refractivity (Wildman–Crippen MR) is 117 cm³/mol. The molecule has 8 heteroatoms. The number of benzene rings is 2. The Balaban J connectivity index is 1.54. The van der Waals surface area contributed by atoms with Crippen LogP contribution in [0.25, 0.3) is 0 Å². The van der Waals surface area contributed by atoms with Crippen molar-refractivity contribution >= 4 is 34.0 Å². The molecule has 0 saturated carbocycles. The van der Waals surface area contributed by atoms with Gasteiger partial charge in [-0.15, -0.1) is 0 Å². The quantitative estimate of drug-likeness (QED) is 0.393. The van der Waals surface area contributed by atoms with Gasteiger partial charge in [0.15, 0.2) is 0 Å². The van der Waals surface area contributed by atoms with Crippen LogP contribution in [0.4, 0.5) is 0 Å². The number of hydrazone groups is 1. The average Bonchev–Trinajstić information content (AvgIpc) is 2.78. The van der Waals surface area contributed by atoms with E-state index in [1.165, 1.54) is 12.4 Å². The summed E-state index contributed by atoms with van der Waals surface area (Å²) in [7, 11) is 0. The molecule has 1 heterocycles. The van der Waals surface area contributed by atoms with Crippen LogP contribution in [0.5, 0.6) is 5.75 Å². The number of nitrogens with one attached hydrogen (secondary N) is 2. The Morgan fingerprint density at radius 1 is 1.10 bits per heavy atom. The van der Waals surface area contributed by atoms with Gasteiger partial charge < -0.3 is 10.1 Å². The molecule has 2 N–H and O–H groups in total. The lowest BCUT2D eigenvalue weighted by Crippen LogP contribution is -2.34. The lowest BCUT2D eigenvalue weighted by molar-refractivity contribution is -0.120. The second kappa shape index (κ2) is 10.9. The highest BCUT2D eigenvalue weighted by molar-refractivity contribution is 9.10. The third-order valence-corrected chi connectivity index (χ3v) is 4.43. The number of carbonyl (C=O) groups excluding carboxylic acids is 2. The summed E-state index contributed by atoms with van der Waals surface area (Å²) in [5.74, 6) is -0.207. The van der Waals surface area contributed by atoms with Gasteiger partial charge in [-0.1, -0.05) is 46.3 Å². The van der Waals surface area contributed by atoms with E-state index in [1.54, 1.807) is 18.3 Å². The van der Waals surface area contributed by atoms with Crippen molar-refractivity contribution in [2.24, 2.45) is 5.10 Å². The van der Waals surface area contributed by atoms with E-state index in [2.05, 4.69) is 36.8 Å². The molecule has 0 aliphatic heterocycles. The Morgan fingerprint density at radius 3 is 2.70 bits per heavy atom. The molecule has 0 fully saturated rings. The van der Waals surface area contributed by atoms with Crippen LogP contribution >= 0.6 is 15.9 Å². The number of nitrogens with zero attached hydrogens (tertiary/aromatic N) is 2. The molecular weight excluding hydrogens is 448 g/mol. The molecule has 0 aliphatic rings. The van der Waals surface area contributed by atoms with Gasteiger partial charge in [-0.2, -0.15) is 5.10 Å². The second-order valence-electron chi connectivity index (χ2n) is 6.17. The third-order valence-electron chi connectivity index (χ3n) is 3.94. The SMILES string of the molecule is O=C(CNC(=O)c1cccnc1)N/N=C/c1cc(Br)ccc1OCc1ccccc1. The maximum absolute atomic E-state index is 11.9. The number of carbonyl (C=O) groups is 2. The Labute approximate surface area is 182 Å². The number of hydrogen-bond acceptors (Lipinski definition) is 5. The van der Waals surface area contributed by atoms with Gasteiger partial charge >= 0.3 is 0 Å². The fourth-order valence-electron chi connectivity index (χ4n) is 2.46. The standard InChI is InChI=1S/C22H19BrN4O3/c23-19-8-9-20(30-15-16-5-2-1-3-6-16)18(11-19)13-26-27-21(28)14-25-22(29)17-7-4-10-24-12-17/h1-13H,14-15H2,(H,25,29)(H,27,28)/b26-13+. The summed E-state index contributed by atoms with van der Waals surface area (Å²) in [6.07, 6.45) is 4.49. The van der Waals surface area contributed by atoms with Crippen molar-refractivity contribution in [1.29, 1.82) is 0 Å². The smallest absolute Gasteiger partial charge is 0.259 e. The number of pyridine rings is 1. The van der Waals surface area contributed by atoms with Crippen molar-refractivity contribution in [2.75, 3.05) is 6.54 Å². The van der Waals surface area contributed by atoms with Crippen molar-refractivity contribution < 1.29 is 14.3 Å². The maximum atomic E-state index is 11.9. The van der Waals surface area contributed by atoms with E-state index in [-0.39, 0.29) is 12.5 Å². The third kappa shape index (κ3) is 6.52. The minimum Gasteiger partial charge on any atom is -0.488 e. The zero-order valence-electron chi connectivity index (χ0n) is 15.9. The molecule has 1 aromatic heterocycles. The first kappa shape index (κ1) is 21.2. The number of halogens is 1. The Hall–Kier alpha value is -3.52. The van der Waals surface area contributed by atoms with Gasteiger partial charge in [0.25, 0.3) is 11.8 Å². The molecule has 0 radical (unpaired) electrons. The van der Waals surface area contributed by atoms with Gasteiger partial charge in [-0.3, -0.25) is 14.6 Å². The van der Waals surface area contributed by atoms with E-state index in [4.69, 9.17) is 4.74 Å². The van der Waals surface area contributed by atoms with Crippen LogP contribution in [0.15, 0.2) is 82.6 Å². The molecule has 0 unspecified atom stereocenters. The van der Waals surface area contributed by atoms with Crippen LogP contribution in [0.1, 0.15) is 21.5 Å². The number of hydrogen-bond donors (Lipinski definition) is 2. The molecule has 0 saturated heterocycles. The Bertz CT molecular complexity index is 1030. The van der Waals surface area contributed by atoms with Gasteiger partial charge in [-0.05, 0) is 35.9 Å². The molecular formula is C22H19BrN4O3. The molecule has 152 valence electrons. The lowest BCUT2D eigenvalue weighted by Gasteiger charge is -2.10. The minimum atomic E-state index is -0.453. The highest BCUT2D eigenvalue weighted by Gasteiger charge is 2.08. The van der Waals surface area contributed by atoms with Gasteiger partial charge in [0.1, 0.15) is 12.4 Å². The molecule has 0 spiro atoms. The number of amides is 2. The van der Waals surface area contributed by atoms with Gasteiger partial charge in [0, 0.05) is 22.4 Å². The summed E-state index contributed by atoms with van der Waals surface area (Å²) >= 11 is 3.42. The monoisotopic (exact) mass is 466 g/mol. The van der Waals surface area contributed by atoms with Crippen molar-refractivity contribution in [2.45, 2.75) is 6.61 Å². The zero-order valence-corrected chi connectivity index (χ0v) is 17.5. The normalized spacial score (nSPS) is 10.6. The van der Waals surface area contributed by atoms with E-state index in [1.807, 2.05) is 48.5 Å². The predicted octanol–water partition coefficient (Wildman–Crippen LogP) is 3.30. The van der Waals surface area contributed by atoms with Crippen LogP contribution in [-0.2, 0) is 11.4 Å². The molecule has 2 amide bonds. The second-order valence-corrected chi connectivity index (χ2v) is 7.09. The highest BCUT2D eigenvalue weighted by atomic mass is 79.9. The molecule has 0 atom stereocenters. The first-order chi connectivity index (χ1) is 14.6. The summed E-state index contributed by atoms with van der Waals surface area (Å²) in [6.45, 7) is 0.205. The van der Waals surface area contributed by atoms with Crippen LogP contribution in [0.3, 0.4) is 0 Å². The summed E-state index contributed by atoms with van der Waals surface area (Å²) in [6, 6.07) is 18.6. The fraction of sp³-hybridized carbons (Fsp3) is 0.0909. The fourth-order valence-corrected chi connectivity index (χ4v) is 2.84. The molecule has 2 aromatic carbocycles. The van der Waals surface area contributed by atoms with Gasteiger partial charge in [0.05, 0.1) is 18.3 Å². The van der Waals surface area contributed by atoms with Crippen molar-refractivity contribution in [3.8, 4) is 5.75 Å². The van der Waals surface area contributed by atoms with E-state index < -0.39 is 5.91 Å². The number of aromatic nitrogens is 1. The molecule has 3 rings (SSSR count). The summed E-state index contributed by atoms with van der Waals surface area (Å²) < 4.78 is 6.73. The van der Waals surface area contributed by atoms with Crippen LogP contribution < -0.4 is 15.5 Å². The first-order valence-electron chi connectivity index (χ1n) is 9.08. The van der Waals surface area contributed by atoms with Crippen LogP contribution in [0, 0.1) is 0 Å². The van der Waals surface area contributed by atoms with E-state index >= 15 is 0 Å². The Kier molecular flexibility index (Phi) is 7.68. The van der Waals surface area contributed by atoms with Gasteiger partial charge in [0.2, 0.25) is 0 Å². The summed E-state index contributed by atoms with van der Waals surface area (Å²) in [5.41, 5.74) is 4.50. The topological polar surface area (TPSA) is 92.7 Å². The number of ether oxygens (including phenoxy) is 1. The van der Waals surface area contributed by atoms with E-state index in [0.717, 1.165) is 10.0 Å². The van der Waals surface area contributed by atoms with Gasteiger partial charge in [-0.25, -0.2) is 5.43 Å². The largest absolute Gasteiger partial charge is 0.488 e. The van der Waals surface area contributed by atoms with E-state index in [0.29, 0.717) is 23.5 Å². The molecule has 3 aromatic rings. The van der Waals surface area contributed by atoms with Crippen molar-refractivity contribution in [3.63, 3.8) is 0 Å². The lowest BCUT2D eigenvalue weighted by atomic mass is 10.2. The Morgan fingerprint density at radius 2 is 1.93 bits per heavy atom. The summed E-state index contributed by atoms with van der Waals surface area (Å²) in [5, 5.41) is 6.47. The zero-order chi connectivity index (χ0) is 21.2. The van der Waals surface area contributed by atoms with Crippen LogP contribution in [-0.4, -0.2) is 29.6 Å².